The minimum absolute atomic E-state index is 0.198. The maximum Gasteiger partial charge on any atom is 0.387 e. The summed E-state index contributed by atoms with van der Waals surface area (Å²) in [6.45, 7) is -0.853. The van der Waals surface area contributed by atoms with Gasteiger partial charge >= 0.3 is 6.61 Å². The molecule has 0 aliphatic heterocycles. The summed E-state index contributed by atoms with van der Waals surface area (Å²) in [5.41, 5.74) is 1.66. The Labute approximate surface area is 217 Å². The van der Waals surface area contributed by atoms with E-state index in [2.05, 4.69) is 29.6 Å². The van der Waals surface area contributed by atoms with Crippen LogP contribution in [0.5, 0.6) is 5.75 Å². The SMILES string of the molecule is CCCCCC1CCC(CCc2ccc3c(F)c(C#Cc4ccc(OC(F)F)c(F)c4)ccc3c2)CC1. The molecule has 0 amide bonds. The molecule has 0 heterocycles. The van der Waals surface area contributed by atoms with Crippen molar-refractivity contribution in [2.45, 2.75) is 77.7 Å². The van der Waals surface area contributed by atoms with Gasteiger partial charge in [0.15, 0.2) is 11.6 Å². The smallest absolute Gasteiger partial charge is 0.387 e. The third-order valence-electron chi connectivity index (χ3n) is 7.53. The molecule has 0 spiro atoms. The Hall–Kier alpha value is -3.00. The van der Waals surface area contributed by atoms with Gasteiger partial charge in [-0.3, -0.25) is 0 Å². The number of hydrogen-bond acceptors (Lipinski definition) is 1. The molecule has 0 N–H and O–H groups in total. The molecule has 4 rings (SSSR count). The molecule has 3 aromatic carbocycles. The maximum absolute atomic E-state index is 15.1. The quantitative estimate of drug-likeness (QED) is 0.158. The second-order valence-corrected chi connectivity index (χ2v) is 10.2. The molecule has 0 saturated heterocycles. The molecule has 1 aliphatic rings. The average molecular weight is 511 g/mol. The molecular weight excluding hydrogens is 476 g/mol. The van der Waals surface area contributed by atoms with Crippen molar-refractivity contribution in [1.82, 2.24) is 0 Å². The van der Waals surface area contributed by atoms with Crippen molar-refractivity contribution in [1.29, 1.82) is 0 Å². The first-order chi connectivity index (χ1) is 17.9. The second-order valence-electron chi connectivity index (χ2n) is 10.2. The van der Waals surface area contributed by atoms with Crippen LogP contribution in [-0.2, 0) is 6.42 Å². The number of alkyl halides is 2. The molecule has 3 aromatic rings. The first-order valence-corrected chi connectivity index (χ1v) is 13.4. The second kappa shape index (κ2) is 13.0. The number of ether oxygens (including phenoxy) is 1. The summed E-state index contributed by atoms with van der Waals surface area (Å²) in [5, 5.41) is 1.33. The Morgan fingerprint density at radius 2 is 1.62 bits per heavy atom. The molecule has 1 nitrogen and oxygen atoms in total. The Kier molecular flexibility index (Phi) is 9.50. The molecule has 37 heavy (non-hydrogen) atoms. The van der Waals surface area contributed by atoms with Crippen LogP contribution in [0.2, 0.25) is 0 Å². The Morgan fingerprint density at radius 1 is 0.865 bits per heavy atom. The van der Waals surface area contributed by atoms with E-state index in [4.69, 9.17) is 0 Å². The summed E-state index contributed by atoms with van der Waals surface area (Å²) in [5.74, 6) is 5.22. The van der Waals surface area contributed by atoms with E-state index in [1.165, 1.54) is 69.4 Å². The molecule has 196 valence electrons. The summed E-state index contributed by atoms with van der Waals surface area (Å²) < 4.78 is 57.7. The highest BCUT2D eigenvalue weighted by molar-refractivity contribution is 5.85. The Morgan fingerprint density at radius 3 is 2.32 bits per heavy atom. The summed E-state index contributed by atoms with van der Waals surface area (Å²) in [6.07, 6.45) is 13.0. The standard InChI is InChI=1S/C32H34F4O/c1-2-3-4-5-22-6-8-23(9-7-22)10-11-24-13-18-28-27(20-24)17-16-26(31(28)34)15-12-25-14-19-30(29(33)21-25)37-32(35)36/h13-14,16-23,32H,2-11H2,1H3. The third-order valence-corrected chi connectivity index (χ3v) is 7.53. The van der Waals surface area contributed by atoms with Gasteiger partial charge in [-0.2, -0.15) is 8.78 Å². The monoisotopic (exact) mass is 510 g/mol. The predicted molar refractivity (Wildman–Crippen MR) is 141 cm³/mol. The van der Waals surface area contributed by atoms with Gasteiger partial charge in [-0.1, -0.05) is 94.4 Å². The molecule has 0 unspecified atom stereocenters. The van der Waals surface area contributed by atoms with Crippen LogP contribution in [0.1, 0.15) is 81.4 Å². The number of rotatable bonds is 9. The molecular formula is C32H34F4O. The van der Waals surface area contributed by atoms with E-state index < -0.39 is 24.0 Å². The molecule has 1 saturated carbocycles. The number of fused-ring (bicyclic) bond motifs is 1. The van der Waals surface area contributed by atoms with E-state index in [9.17, 15) is 13.2 Å². The van der Waals surface area contributed by atoms with Gasteiger partial charge in [0, 0.05) is 10.9 Å². The zero-order valence-corrected chi connectivity index (χ0v) is 21.3. The van der Waals surface area contributed by atoms with Crippen molar-refractivity contribution >= 4 is 10.8 Å². The van der Waals surface area contributed by atoms with Crippen molar-refractivity contribution in [2.24, 2.45) is 11.8 Å². The van der Waals surface area contributed by atoms with Crippen LogP contribution in [0.4, 0.5) is 17.6 Å². The van der Waals surface area contributed by atoms with Crippen molar-refractivity contribution in [3.63, 3.8) is 0 Å². The molecule has 1 aliphatic carbocycles. The van der Waals surface area contributed by atoms with Gasteiger partial charge in [0.25, 0.3) is 0 Å². The van der Waals surface area contributed by atoms with Gasteiger partial charge in [0.2, 0.25) is 0 Å². The highest BCUT2D eigenvalue weighted by Crippen LogP contribution is 2.34. The largest absolute Gasteiger partial charge is 0.432 e. The van der Waals surface area contributed by atoms with Gasteiger partial charge in [-0.15, -0.1) is 0 Å². The van der Waals surface area contributed by atoms with Crippen LogP contribution < -0.4 is 4.74 Å². The van der Waals surface area contributed by atoms with Gasteiger partial charge in [-0.25, -0.2) is 8.78 Å². The van der Waals surface area contributed by atoms with E-state index in [0.717, 1.165) is 35.8 Å². The van der Waals surface area contributed by atoms with Crippen LogP contribution in [0.3, 0.4) is 0 Å². The van der Waals surface area contributed by atoms with Gasteiger partial charge < -0.3 is 4.74 Å². The zero-order valence-electron chi connectivity index (χ0n) is 21.3. The lowest BCUT2D eigenvalue weighted by atomic mass is 9.77. The average Bonchev–Trinajstić information content (AvgIpc) is 2.89. The molecule has 0 radical (unpaired) electrons. The fourth-order valence-corrected chi connectivity index (χ4v) is 5.37. The van der Waals surface area contributed by atoms with Crippen molar-refractivity contribution in [2.75, 3.05) is 0 Å². The van der Waals surface area contributed by atoms with E-state index in [1.807, 2.05) is 18.2 Å². The lowest BCUT2D eigenvalue weighted by Crippen LogP contribution is -2.15. The van der Waals surface area contributed by atoms with Crippen LogP contribution in [0.15, 0.2) is 48.5 Å². The fraction of sp³-hybridized carbons (Fsp3) is 0.438. The number of hydrogen-bond donors (Lipinski definition) is 0. The van der Waals surface area contributed by atoms with Crippen LogP contribution in [0.25, 0.3) is 10.8 Å². The first-order valence-electron chi connectivity index (χ1n) is 13.4. The highest BCUT2D eigenvalue weighted by atomic mass is 19.3. The number of unbranched alkanes of at least 4 members (excludes halogenated alkanes) is 2. The third kappa shape index (κ3) is 7.51. The Balaban J connectivity index is 1.36. The van der Waals surface area contributed by atoms with Crippen LogP contribution in [0, 0.1) is 35.3 Å². The minimum Gasteiger partial charge on any atom is -0.432 e. The minimum atomic E-state index is -3.11. The molecule has 0 aromatic heterocycles. The molecule has 1 fully saturated rings. The van der Waals surface area contributed by atoms with Crippen LogP contribution in [-0.4, -0.2) is 6.61 Å². The normalized spacial score (nSPS) is 17.6. The van der Waals surface area contributed by atoms with Crippen molar-refractivity contribution in [3.8, 4) is 17.6 Å². The summed E-state index contributed by atoms with van der Waals surface area (Å²) in [7, 11) is 0. The highest BCUT2D eigenvalue weighted by Gasteiger charge is 2.20. The van der Waals surface area contributed by atoms with Gasteiger partial charge in [-0.05, 0) is 59.9 Å². The maximum atomic E-state index is 15.1. The summed E-state index contributed by atoms with van der Waals surface area (Å²) in [4.78, 5) is 0. The lowest BCUT2D eigenvalue weighted by Gasteiger charge is -2.28. The number of benzene rings is 3. The zero-order chi connectivity index (χ0) is 26.2. The van der Waals surface area contributed by atoms with Crippen molar-refractivity contribution < 1.29 is 22.3 Å². The molecule has 0 bridgehead atoms. The molecule has 5 heteroatoms. The fourth-order valence-electron chi connectivity index (χ4n) is 5.37. The topological polar surface area (TPSA) is 9.23 Å². The summed E-state index contributed by atoms with van der Waals surface area (Å²) >= 11 is 0. The van der Waals surface area contributed by atoms with Gasteiger partial charge in [0.05, 0.1) is 5.56 Å². The summed E-state index contributed by atoms with van der Waals surface area (Å²) in [6, 6.07) is 12.8. The van der Waals surface area contributed by atoms with Gasteiger partial charge in [0.1, 0.15) is 5.82 Å². The Bertz CT molecular complexity index is 1250. The molecule has 0 atom stereocenters. The number of aryl methyl sites for hydroxylation is 1. The van der Waals surface area contributed by atoms with Crippen LogP contribution >= 0.6 is 0 Å². The first kappa shape index (κ1) is 27.0. The lowest BCUT2D eigenvalue weighted by molar-refractivity contribution is -0.0521. The van der Waals surface area contributed by atoms with E-state index >= 15 is 4.39 Å². The number of halogens is 4. The van der Waals surface area contributed by atoms with E-state index in [-0.39, 0.29) is 11.1 Å². The van der Waals surface area contributed by atoms with Crippen molar-refractivity contribution in [3.05, 3.63) is 76.9 Å². The van der Waals surface area contributed by atoms with E-state index in [1.54, 1.807) is 6.07 Å². The van der Waals surface area contributed by atoms with E-state index in [0.29, 0.717) is 5.39 Å². The predicted octanol–water partition coefficient (Wildman–Crippen LogP) is 9.44.